The molecule has 1 atom stereocenters. The first-order chi connectivity index (χ1) is 11.0. The zero-order valence-corrected chi connectivity index (χ0v) is 12.3. The van der Waals surface area contributed by atoms with Gasteiger partial charge < -0.3 is 4.74 Å². The normalized spacial score (nSPS) is 11.6. The van der Waals surface area contributed by atoms with Crippen molar-refractivity contribution in [2.75, 3.05) is 7.11 Å². The first-order valence-electron chi connectivity index (χ1n) is 6.80. The lowest BCUT2D eigenvalue weighted by atomic mass is 10.0. The van der Waals surface area contributed by atoms with Crippen molar-refractivity contribution < 1.29 is 18.3 Å². The molecule has 0 bridgehead atoms. The van der Waals surface area contributed by atoms with E-state index in [0.29, 0.717) is 5.56 Å². The van der Waals surface area contributed by atoms with Crippen molar-refractivity contribution in [2.24, 2.45) is 0 Å². The summed E-state index contributed by atoms with van der Waals surface area (Å²) in [4.78, 5) is 11.9. The molecule has 6 heteroatoms. The first-order valence-corrected chi connectivity index (χ1v) is 6.80. The SMILES string of the molecule is COC(=O)[C@H](NCc1cccc(C#N)c1)c1cc(F)ccc1F. The van der Waals surface area contributed by atoms with E-state index in [9.17, 15) is 13.6 Å². The molecule has 0 aromatic heterocycles. The van der Waals surface area contributed by atoms with Crippen LogP contribution >= 0.6 is 0 Å². The molecule has 2 aromatic carbocycles. The molecule has 23 heavy (non-hydrogen) atoms. The number of benzene rings is 2. The summed E-state index contributed by atoms with van der Waals surface area (Å²) in [6.07, 6.45) is 0. The van der Waals surface area contributed by atoms with Crippen molar-refractivity contribution in [1.82, 2.24) is 5.32 Å². The van der Waals surface area contributed by atoms with E-state index in [2.05, 4.69) is 10.1 Å². The van der Waals surface area contributed by atoms with E-state index in [1.165, 1.54) is 7.11 Å². The molecule has 2 rings (SSSR count). The molecule has 0 saturated carbocycles. The minimum absolute atomic E-state index is 0.131. The number of carbonyl (C=O) groups is 1. The number of methoxy groups -OCH3 is 1. The van der Waals surface area contributed by atoms with E-state index in [4.69, 9.17) is 5.26 Å². The third-order valence-corrected chi connectivity index (χ3v) is 3.27. The molecular formula is C17H14F2N2O2. The number of hydrogen-bond acceptors (Lipinski definition) is 4. The summed E-state index contributed by atoms with van der Waals surface area (Å²) in [6.45, 7) is 0.186. The Kier molecular flexibility index (Phi) is 5.39. The van der Waals surface area contributed by atoms with Gasteiger partial charge >= 0.3 is 5.97 Å². The van der Waals surface area contributed by atoms with Gasteiger partial charge in [-0.3, -0.25) is 5.32 Å². The molecule has 0 radical (unpaired) electrons. The lowest BCUT2D eigenvalue weighted by Gasteiger charge is -2.17. The van der Waals surface area contributed by atoms with E-state index < -0.39 is 23.6 Å². The summed E-state index contributed by atoms with van der Waals surface area (Å²) in [5.74, 6) is -2.09. The maximum Gasteiger partial charge on any atom is 0.327 e. The molecule has 0 amide bonds. The Hall–Kier alpha value is -2.78. The van der Waals surface area contributed by atoms with Crippen LogP contribution in [0.1, 0.15) is 22.7 Å². The van der Waals surface area contributed by atoms with Gasteiger partial charge in [0.15, 0.2) is 0 Å². The Morgan fingerprint density at radius 3 is 2.78 bits per heavy atom. The number of halogens is 2. The van der Waals surface area contributed by atoms with Gasteiger partial charge in [-0.15, -0.1) is 0 Å². The second-order valence-corrected chi connectivity index (χ2v) is 4.82. The number of rotatable bonds is 5. The molecule has 0 saturated heterocycles. The van der Waals surface area contributed by atoms with Crippen LogP contribution in [-0.4, -0.2) is 13.1 Å². The number of esters is 1. The lowest BCUT2D eigenvalue weighted by molar-refractivity contribution is -0.143. The largest absolute Gasteiger partial charge is 0.468 e. The summed E-state index contributed by atoms with van der Waals surface area (Å²) in [6, 6.07) is 10.5. The number of nitrogens with one attached hydrogen (secondary N) is 1. The smallest absolute Gasteiger partial charge is 0.327 e. The van der Waals surface area contributed by atoms with Gasteiger partial charge in [-0.05, 0) is 35.9 Å². The fourth-order valence-electron chi connectivity index (χ4n) is 2.14. The van der Waals surface area contributed by atoms with Crippen molar-refractivity contribution in [3.8, 4) is 6.07 Å². The second kappa shape index (κ2) is 7.47. The predicted molar refractivity (Wildman–Crippen MR) is 79.1 cm³/mol. The molecule has 0 heterocycles. The molecule has 2 aromatic rings. The fraction of sp³-hybridized carbons (Fsp3) is 0.176. The fourth-order valence-corrected chi connectivity index (χ4v) is 2.14. The van der Waals surface area contributed by atoms with Crippen LogP contribution in [-0.2, 0) is 16.1 Å². The third kappa shape index (κ3) is 4.11. The van der Waals surface area contributed by atoms with Crippen molar-refractivity contribution in [3.05, 3.63) is 70.8 Å². The van der Waals surface area contributed by atoms with Gasteiger partial charge in [0.2, 0.25) is 0 Å². The van der Waals surface area contributed by atoms with Gasteiger partial charge in [0.1, 0.15) is 17.7 Å². The summed E-state index contributed by atoms with van der Waals surface area (Å²) >= 11 is 0. The van der Waals surface area contributed by atoms with Crippen LogP contribution in [0.2, 0.25) is 0 Å². The van der Waals surface area contributed by atoms with Crippen LogP contribution in [0.5, 0.6) is 0 Å². The molecule has 0 fully saturated rings. The molecular weight excluding hydrogens is 302 g/mol. The van der Waals surface area contributed by atoms with E-state index in [1.807, 2.05) is 6.07 Å². The Morgan fingerprint density at radius 2 is 2.09 bits per heavy atom. The minimum Gasteiger partial charge on any atom is -0.468 e. The van der Waals surface area contributed by atoms with Crippen LogP contribution in [0.4, 0.5) is 8.78 Å². The van der Waals surface area contributed by atoms with Crippen molar-refractivity contribution in [2.45, 2.75) is 12.6 Å². The van der Waals surface area contributed by atoms with Gasteiger partial charge in [-0.25, -0.2) is 13.6 Å². The summed E-state index contributed by atoms with van der Waals surface area (Å²) in [5.41, 5.74) is 1.07. The highest BCUT2D eigenvalue weighted by Crippen LogP contribution is 2.20. The highest BCUT2D eigenvalue weighted by molar-refractivity contribution is 5.77. The zero-order valence-electron chi connectivity index (χ0n) is 12.3. The Labute approximate surface area is 132 Å². The molecule has 4 nitrogen and oxygen atoms in total. The van der Waals surface area contributed by atoms with Crippen LogP contribution in [0, 0.1) is 23.0 Å². The molecule has 1 N–H and O–H groups in total. The number of nitriles is 1. The van der Waals surface area contributed by atoms with Gasteiger partial charge in [-0.2, -0.15) is 5.26 Å². The quantitative estimate of drug-likeness (QED) is 0.862. The average molecular weight is 316 g/mol. The summed E-state index contributed by atoms with van der Waals surface area (Å²) in [5, 5.41) is 11.7. The van der Waals surface area contributed by atoms with E-state index >= 15 is 0 Å². The van der Waals surface area contributed by atoms with Crippen molar-refractivity contribution in [1.29, 1.82) is 5.26 Å². The van der Waals surface area contributed by atoms with Gasteiger partial charge in [0, 0.05) is 12.1 Å². The molecule has 0 aliphatic heterocycles. The molecule has 0 unspecified atom stereocenters. The first kappa shape index (κ1) is 16.6. The number of nitrogens with zero attached hydrogens (tertiary/aromatic N) is 1. The molecule has 118 valence electrons. The maximum atomic E-state index is 13.9. The third-order valence-electron chi connectivity index (χ3n) is 3.27. The maximum absolute atomic E-state index is 13.9. The predicted octanol–water partition coefficient (Wildman–Crippen LogP) is 2.84. The summed E-state index contributed by atoms with van der Waals surface area (Å²) in [7, 11) is 1.17. The van der Waals surface area contributed by atoms with E-state index in [1.54, 1.807) is 24.3 Å². The molecule has 0 aliphatic rings. The highest BCUT2D eigenvalue weighted by Gasteiger charge is 2.24. The van der Waals surface area contributed by atoms with Crippen molar-refractivity contribution >= 4 is 5.97 Å². The van der Waals surface area contributed by atoms with Gasteiger partial charge in [0.25, 0.3) is 0 Å². The molecule has 0 aliphatic carbocycles. The van der Waals surface area contributed by atoms with Crippen LogP contribution < -0.4 is 5.32 Å². The minimum atomic E-state index is -1.15. The Morgan fingerprint density at radius 1 is 1.30 bits per heavy atom. The molecule has 0 spiro atoms. The van der Waals surface area contributed by atoms with Crippen LogP contribution in [0.15, 0.2) is 42.5 Å². The van der Waals surface area contributed by atoms with Gasteiger partial charge in [-0.1, -0.05) is 12.1 Å². The van der Waals surface area contributed by atoms with E-state index in [0.717, 1.165) is 23.8 Å². The van der Waals surface area contributed by atoms with E-state index in [-0.39, 0.29) is 12.1 Å². The van der Waals surface area contributed by atoms with Crippen LogP contribution in [0.25, 0.3) is 0 Å². The monoisotopic (exact) mass is 316 g/mol. The van der Waals surface area contributed by atoms with Gasteiger partial charge in [0.05, 0.1) is 18.7 Å². The standard InChI is InChI=1S/C17H14F2N2O2/c1-23-17(22)16(14-8-13(18)5-6-15(14)19)21-10-12-4-2-3-11(7-12)9-20/h2-8,16,21H,10H2,1H3/t16-/m1/s1. The second-order valence-electron chi connectivity index (χ2n) is 4.82. The lowest BCUT2D eigenvalue weighted by Crippen LogP contribution is -2.30. The van der Waals surface area contributed by atoms with Crippen molar-refractivity contribution in [3.63, 3.8) is 0 Å². The Bertz CT molecular complexity index is 756. The number of ether oxygens (including phenoxy) is 1. The topological polar surface area (TPSA) is 62.1 Å². The number of carbonyl (C=O) groups excluding carboxylic acids is 1. The zero-order chi connectivity index (χ0) is 16.8. The average Bonchev–Trinajstić information content (AvgIpc) is 2.57. The number of hydrogen-bond donors (Lipinski definition) is 1. The Balaban J connectivity index is 2.24. The van der Waals surface area contributed by atoms with Crippen LogP contribution in [0.3, 0.4) is 0 Å². The highest BCUT2D eigenvalue weighted by atomic mass is 19.1. The summed E-state index contributed by atoms with van der Waals surface area (Å²) < 4.78 is 31.9.